The van der Waals surface area contributed by atoms with Crippen molar-refractivity contribution in [3.8, 4) is 11.5 Å². The molecule has 0 aliphatic rings. The fourth-order valence-corrected chi connectivity index (χ4v) is 3.02. The van der Waals surface area contributed by atoms with E-state index in [9.17, 15) is 4.79 Å². The van der Waals surface area contributed by atoms with Crippen LogP contribution in [0.1, 0.15) is 15.9 Å². The number of benzene rings is 4. The number of carbonyl (C=O) groups excluding carboxylic acids is 1. The van der Waals surface area contributed by atoms with Crippen LogP contribution in [0.5, 0.6) is 11.5 Å². The second-order valence-corrected chi connectivity index (χ2v) is 6.60. The van der Waals surface area contributed by atoms with E-state index in [4.69, 9.17) is 9.47 Å². The maximum atomic E-state index is 12.6. The van der Waals surface area contributed by atoms with Crippen molar-refractivity contribution in [2.75, 3.05) is 12.5 Å². The third-order valence-corrected chi connectivity index (χ3v) is 4.56. The molecule has 5 nitrogen and oxygen atoms in total. The SMILES string of the molecule is COc1cc(/C=N/Nc2ccccc2)ccc1OC(=O)c1ccc2ccccc2c1. The summed E-state index contributed by atoms with van der Waals surface area (Å²) in [6.07, 6.45) is 1.67. The zero-order valence-corrected chi connectivity index (χ0v) is 16.4. The number of para-hydroxylation sites is 1. The van der Waals surface area contributed by atoms with Gasteiger partial charge in [-0.2, -0.15) is 5.10 Å². The van der Waals surface area contributed by atoms with Crippen molar-refractivity contribution in [2.45, 2.75) is 0 Å². The maximum Gasteiger partial charge on any atom is 0.343 e. The van der Waals surface area contributed by atoms with Crippen molar-refractivity contribution < 1.29 is 14.3 Å². The molecule has 0 saturated carbocycles. The highest BCUT2D eigenvalue weighted by Gasteiger charge is 2.13. The first-order chi connectivity index (χ1) is 14.7. The lowest BCUT2D eigenvalue weighted by molar-refractivity contribution is 0.0730. The molecule has 0 heterocycles. The summed E-state index contributed by atoms with van der Waals surface area (Å²) >= 11 is 0. The van der Waals surface area contributed by atoms with Crippen LogP contribution >= 0.6 is 0 Å². The summed E-state index contributed by atoms with van der Waals surface area (Å²) in [4.78, 5) is 12.6. The molecular formula is C25H20N2O3. The first-order valence-electron chi connectivity index (χ1n) is 9.46. The van der Waals surface area contributed by atoms with E-state index in [0.717, 1.165) is 22.0 Å². The highest BCUT2D eigenvalue weighted by molar-refractivity contribution is 5.96. The standard InChI is InChI=1S/C25H20N2O3/c1-29-24-15-18(17-26-27-22-9-3-2-4-10-22)11-14-23(24)30-25(28)21-13-12-19-7-5-6-8-20(19)16-21/h2-17,27H,1H3/b26-17+. The molecule has 4 aromatic rings. The summed E-state index contributed by atoms with van der Waals surface area (Å²) in [6.45, 7) is 0. The number of rotatable bonds is 6. The molecule has 0 aliphatic carbocycles. The third-order valence-electron chi connectivity index (χ3n) is 4.56. The van der Waals surface area contributed by atoms with Crippen molar-refractivity contribution >= 4 is 28.6 Å². The van der Waals surface area contributed by atoms with Crippen LogP contribution in [-0.4, -0.2) is 19.3 Å². The summed E-state index contributed by atoms with van der Waals surface area (Å²) < 4.78 is 11.0. The Morgan fingerprint density at radius 3 is 2.40 bits per heavy atom. The summed E-state index contributed by atoms with van der Waals surface area (Å²) in [5.41, 5.74) is 5.13. The van der Waals surface area contributed by atoms with Crippen LogP contribution < -0.4 is 14.9 Å². The van der Waals surface area contributed by atoms with E-state index in [1.165, 1.54) is 7.11 Å². The van der Waals surface area contributed by atoms with Gasteiger partial charge in [0.05, 0.1) is 24.6 Å². The van der Waals surface area contributed by atoms with Gasteiger partial charge in [-0.15, -0.1) is 0 Å². The fourth-order valence-electron chi connectivity index (χ4n) is 3.02. The summed E-state index contributed by atoms with van der Waals surface area (Å²) in [5, 5.41) is 6.27. The number of fused-ring (bicyclic) bond motifs is 1. The number of carbonyl (C=O) groups is 1. The van der Waals surface area contributed by atoms with Gasteiger partial charge in [0.2, 0.25) is 0 Å². The molecule has 0 unspecified atom stereocenters. The van der Waals surface area contributed by atoms with Crippen LogP contribution in [0.25, 0.3) is 10.8 Å². The van der Waals surface area contributed by atoms with Crippen molar-refractivity contribution in [1.82, 2.24) is 0 Å². The van der Waals surface area contributed by atoms with E-state index >= 15 is 0 Å². The summed E-state index contributed by atoms with van der Waals surface area (Å²) in [6, 6.07) is 28.3. The molecule has 0 aliphatic heterocycles. The van der Waals surface area contributed by atoms with Crippen LogP contribution in [-0.2, 0) is 0 Å². The molecule has 5 heteroatoms. The molecule has 4 aromatic carbocycles. The molecule has 4 rings (SSSR count). The minimum absolute atomic E-state index is 0.351. The molecule has 0 radical (unpaired) electrons. The zero-order chi connectivity index (χ0) is 20.8. The van der Waals surface area contributed by atoms with Gasteiger partial charge >= 0.3 is 5.97 Å². The zero-order valence-electron chi connectivity index (χ0n) is 16.4. The quantitative estimate of drug-likeness (QED) is 0.202. The van der Waals surface area contributed by atoms with Crippen molar-refractivity contribution in [1.29, 1.82) is 0 Å². The third kappa shape index (κ3) is 4.47. The van der Waals surface area contributed by atoms with Crippen molar-refractivity contribution in [3.63, 3.8) is 0 Å². The molecule has 0 saturated heterocycles. The topological polar surface area (TPSA) is 59.9 Å². The molecule has 1 N–H and O–H groups in total. The average molecular weight is 396 g/mol. The Morgan fingerprint density at radius 1 is 0.833 bits per heavy atom. The Labute approximate surface area is 174 Å². The normalized spacial score (nSPS) is 10.8. The molecular weight excluding hydrogens is 376 g/mol. The monoisotopic (exact) mass is 396 g/mol. The Kier molecular flexibility index (Phi) is 5.71. The van der Waals surface area contributed by atoms with Crippen LogP contribution in [0.2, 0.25) is 0 Å². The lowest BCUT2D eigenvalue weighted by Gasteiger charge is -2.10. The molecule has 0 aromatic heterocycles. The van der Waals surface area contributed by atoms with E-state index in [-0.39, 0.29) is 0 Å². The van der Waals surface area contributed by atoms with Gasteiger partial charge in [0, 0.05) is 0 Å². The van der Waals surface area contributed by atoms with Gasteiger partial charge in [0.25, 0.3) is 0 Å². The summed E-state index contributed by atoms with van der Waals surface area (Å²) in [5.74, 6) is 0.364. The molecule has 0 spiro atoms. The number of nitrogens with one attached hydrogen (secondary N) is 1. The number of hydrogen-bond donors (Lipinski definition) is 1. The maximum absolute atomic E-state index is 12.6. The fraction of sp³-hybridized carbons (Fsp3) is 0.0400. The number of nitrogens with zero attached hydrogens (tertiary/aromatic N) is 1. The van der Waals surface area contributed by atoms with Crippen LogP contribution in [0.4, 0.5) is 5.69 Å². The molecule has 0 bridgehead atoms. The number of hydrogen-bond acceptors (Lipinski definition) is 5. The average Bonchev–Trinajstić information content (AvgIpc) is 2.80. The van der Waals surface area contributed by atoms with Gasteiger partial charge in [-0.05, 0) is 58.8 Å². The smallest absolute Gasteiger partial charge is 0.343 e. The van der Waals surface area contributed by atoms with E-state index in [1.54, 1.807) is 24.4 Å². The van der Waals surface area contributed by atoms with Gasteiger partial charge in [-0.25, -0.2) is 4.79 Å². The predicted octanol–water partition coefficient (Wildman–Crippen LogP) is 5.51. The minimum atomic E-state index is -0.439. The Hall–Kier alpha value is -4.12. The van der Waals surface area contributed by atoms with Gasteiger partial charge in [0.1, 0.15) is 0 Å². The Balaban J connectivity index is 1.48. The number of anilines is 1. The highest BCUT2D eigenvalue weighted by Crippen LogP contribution is 2.29. The van der Waals surface area contributed by atoms with E-state index in [1.807, 2.05) is 72.8 Å². The van der Waals surface area contributed by atoms with Crippen LogP contribution in [0.3, 0.4) is 0 Å². The Morgan fingerprint density at radius 2 is 1.60 bits per heavy atom. The van der Waals surface area contributed by atoms with Crippen molar-refractivity contribution in [2.24, 2.45) is 5.10 Å². The highest BCUT2D eigenvalue weighted by atomic mass is 16.6. The predicted molar refractivity (Wildman–Crippen MR) is 120 cm³/mol. The number of methoxy groups -OCH3 is 1. The molecule has 30 heavy (non-hydrogen) atoms. The summed E-state index contributed by atoms with van der Waals surface area (Å²) in [7, 11) is 1.53. The molecule has 0 amide bonds. The van der Waals surface area contributed by atoms with E-state index < -0.39 is 5.97 Å². The largest absolute Gasteiger partial charge is 0.493 e. The number of ether oxygens (including phenoxy) is 2. The van der Waals surface area contributed by atoms with E-state index in [0.29, 0.717) is 17.1 Å². The molecule has 0 fully saturated rings. The van der Waals surface area contributed by atoms with Crippen molar-refractivity contribution in [3.05, 3.63) is 102 Å². The minimum Gasteiger partial charge on any atom is -0.493 e. The van der Waals surface area contributed by atoms with Crippen LogP contribution in [0, 0.1) is 0 Å². The van der Waals surface area contributed by atoms with Crippen LogP contribution in [0.15, 0.2) is 96.1 Å². The van der Waals surface area contributed by atoms with Gasteiger partial charge < -0.3 is 9.47 Å². The van der Waals surface area contributed by atoms with Gasteiger partial charge in [-0.1, -0.05) is 48.5 Å². The first kappa shape index (κ1) is 19.2. The van der Waals surface area contributed by atoms with Gasteiger partial charge in [-0.3, -0.25) is 5.43 Å². The second kappa shape index (κ2) is 8.92. The number of hydrazone groups is 1. The lowest BCUT2D eigenvalue weighted by atomic mass is 10.1. The lowest BCUT2D eigenvalue weighted by Crippen LogP contribution is -2.09. The Bertz CT molecular complexity index is 1200. The number of esters is 1. The molecule has 148 valence electrons. The first-order valence-corrected chi connectivity index (χ1v) is 9.46. The molecule has 0 atom stereocenters. The van der Waals surface area contributed by atoms with E-state index in [2.05, 4.69) is 10.5 Å². The second-order valence-electron chi connectivity index (χ2n) is 6.60. The van der Waals surface area contributed by atoms with Gasteiger partial charge in [0.15, 0.2) is 11.5 Å².